The highest BCUT2D eigenvalue weighted by Gasteiger charge is 2.06. The van der Waals surface area contributed by atoms with Crippen molar-refractivity contribution in [3.8, 4) is 0 Å². The van der Waals surface area contributed by atoms with Gasteiger partial charge in [-0.2, -0.15) is 0 Å². The van der Waals surface area contributed by atoms with Gasteiger partial charge in [-0.1, -0.05) is 22.0 Å². The van der Waals surface area contributed by atoms with Crippen LogP contribution in [0.1, 0.15) is 10.4 Å². The predicted octanol–water partition coefficient (Wildman–Crippen LogP) is 3.69. The minimum Gasteiger partial charge on any atom is -0.380 e. The maximum atomic E-state index is 12.0. The highest BCUT2D eigenvalue weighted by Crippen LogP contribution is 2.13. The van der Waals surface area contributed by atoms with Crippen molar-refractivity contribution >= 4 is 33.3 Å². The standard InChI is InChI=1S/C15H14BrN3O/c1-2-9-17-13-7-8-14(18-10-13)19-15(20)11-3-5-12(16)6-4-11/h2-8,10,17H,1,9H2,(H,18,19,20). The molecular formula is C15H14BrN3O. The molecule has 0 unspecified atom stereocenters. The Morgan fingerprint density at radius 1 is 1.25 bits per heavy atom. The fraction of sp³-hybridized carbons (Fsp3) is 0.0667. The van der Waals surface area contributed by atoms with Crippen molar-refractivity contribution in [3.05, 3.63) is 65.3 Å². The fourth-order valence-corrected chi connectivity index (χ4v) is 1.82. The number of nitrogens with zero attached hydrogens (tertiary/aromatic N) is 1. The molecule has 0 saturated carbocycles. The Hall–Kier alpha value is -2.14. The van der Waals surface area contributed by atoms with Crippen molar-refractivity contribution in [3.63, 3.8) is 0 Å². The van der Waals surface area contributed by atoms with Crippen LogP contribution in [0.3, 0.4) is 0 Å². The number of aromatic nitrogens is 1. The van der Waals surface area contributed by atoms with Gasteiger partial charge < -0.3 is 10.6 Å². The number of benzene rings is 1. The lowest BCUT2D eigenvalue weighted by Crippen LogP contribution is -2.12. The van der Waals surface area contributed by atoms with E-state index in [4.69, 9.17) is 0 Å². The lowest BCUT2D eigenvalue weighted by molar-refractivity contribution is 0.102. The summed E-state index contributed by atoms with van der Waals surface area (Å²) in [6, 6.07) is 10.8. The highest BCUT2D eigenvalue weighted by molar-refractivity contribution is 9.10. The van der Waals surface area contributed by atoms with E-state index in [0.29, 0.717) is 17.9 Å². The van der Waals surface area contributed by atoms with Crippen LogP contribution >= 0.6 is 15.9 Å². The number of amides is 1. The third kappa shape index (κ3) is 3.93. The molecule has 0 fully saturated rings. The van der Waals surface area contributed by atoms with Crippen LogP contribution in [0.2, 0.25) is 0 Å². The second kappa shape index (κ2) is 6.86. The van der Waals surface area contributed by atoms with Gasteiger partial charge in [0, 0.05) is 16.6 Å². The Morgan fingerprint density at radius 3 is 2.60 bits per heavy atom. The van der Waals surface area contributed by atoms with Crippen molar-refractivity contribution in [1.29, 1.82) is 0 Å². The van der Waals surface area contributed by atoms with E-state index in [0.717, 1.165) is 10.2 Å². The number of hydrogen-bond acceptors (Lipinski definition) is 3. The van der Waals surface area contributed by atoms with Gasteiger partial charge in [-0.3, -0.25) is 4.79 Å². The molecule has 1 aromatic heterocycles. The van der Waals surface area contributed by atoms with Gasteiger partial charge in [0.1, 0.15) is 5.82 Å². The Bertz CT molecular complexity index is 594. The number of hydrogen-bond donors (Lipinski definition) is 2. The zero-order chi connectivity index (χ0) is 14.4. The van der Waals surface area contributed by atoms with E-state index in [1.807, 2.05) is 18.2 Å². The second-order valence-electron chi connectivity index (χ2n) is 4.06. The fourth-order valence-electron chi connectivity index (χ4n) is 1.55. The van der Waals surface area contributed by atoms with Crippen LogP contribution in [0.5, 0.6) is 0 Å². The number of anilines is 2. The average molecular weight is 332 g/mol. The smallest absolute Gasteiger partial charge is 0.256 e. The van der Waals surface area contributed by atoms with E-state index in [-0.39, 0.29) is 5.91 Å². The molecule has 0 atom stereocenters. The number of halogens is 1. The number of nitrogens with one attached hydrogen (secondary N) is 2. The molecule has 2 rings (SSSR count). The van der Waals surface area contributed by atoms with Gasteiger partial charge in [0.25, 0.3) is 5.91 Å². The molecule has 0 radical (unpaired) electrons. The largest absolute Gasteiger partial charge is 0.380 e. The maximum Gasteiger partial charge on any atom is 0.256 e. The van der Waals surface area contributed by atoms with Gasteiger partial charge in [-0.25, -0.2) is 4.98 Å². The molecule has 0 aliphatic heterocycles. The van der Waals surface area contributed by atoms with Gasteiger partial charge in [0.2, 0.25) is 0 Å². The third-order valence-corrected chi connectivity index (χ3v) is 3.09. The maximum absolute atomic E-state index is 12.0. The quantitative estimate of drug-likeness (QED) is 0.821. The first-order valence-corrected chi connectivity index (χ1v) is 6.86. The summed E-state index contributed by atoms with van der Waals surface area (Å²) in [4.78, 5) is 16.2. The molecule has 0 saturated heterocycles. The van der Waals surface area contributed by atoms with Crippen molar-refractivity contribution in [2.24, 2.45) is 0 Å². The summed E-state index contributed by atoms with van der Waals surface area (Å²) in [6.07, 6.45) is 3.43. The minimum atomic E-state index is -0.184. The van der Waals surface area contributed by atoms with Gasteiger partial charge in [0.05, 0.1) is 11.9 Å². The number of carbonyl (C=O) groups is 1. The van der Waals surface area contributed by atoms with Crippen molar-refractivity contribution < 1.29 is 4.79 Å². The molecule has 102 valence electrons. The second-order valence-corrected chi connectivity index (χ2v) is 4.98. The lowest BCUT2D eigenvalue weighted by Gasteiger charge is -2.06. The van der Waals surface area contributed by atoms with Crippen LogP contribution in [0.4, 0.5) is 11.5 Å². The molecule has 20 heavy (non-hydrogen) atoms. The summed E-state index contributed by atoms with van der Waals surface area (Å²) >= 11 is 3.33. The van der Waals surface area contributed by atoms with Crippen molar-refractivity contribution in [2.45, 2.75) is 0 Å². The first-order valence-electron chi connectivity index (χ1n) is 6.07. The van der Waals surface area contributed by atoms with E-state index >= 15 is 0 Å². The van der Waals surface area contributed by atoms with Crippen LogP contribution in [0, 0.1) is 0 Å². The molecule has 5 heteroatoms. The molecule has 0 spiro atoms. The zero-order valence-corrected chi connectivity index (χ0v) is 12.4. The number of pyridine rings is 1. The van der Waals surface area contributed by atoms with Gasteiger partial charge in [-0.05, 0) is 36.4 Å². The van der Waals surface area contributed by atoms with E-state index in [1.165, 1.54) is 0 Å². The predicted molar refractivity (Wildman–Crippen MR) is 85.0 cm³/mol. The first-order chi connectivity index (χ1) is 9.69. The molecule has 4 nitrogen and oxygen atoms in total. The van der Waals surface area contributed by atoms with Crippen LogP contribution in [-0.2, 0) is 0 Å². The monoisotopic (exact) mass is 331 g/mol. The van der Waals surface area contributed by atoms with Crippen molar-refractivity contribution in [1.82, 2.24) is 4.98 Å². The average Bonchev–Trinajstić information content (AvgIpc) is 2.47. The Balaban J connectivity index is 2.00. The van der Waals surface area contributed by atoms with Crippen LogP contribution in [0.15, 0.2) is 59.7 Å². The van der Waals surface area contributed by atoms with Crippen LogP contribution in [-0.4, -0.2) is 17.4 Å². The summed E-state index contributed by atoms with van der Waals surface area (Å²) in [5, 5.41) is 5.86. The summed E-state index contributed by atoms with van der Waals surface area (Å²) in [7, 11) is 0. The van der Waals surface area contributed by atoms with Gasteiger partial charge >= 0.3 is 0 Å². The molecule has 1 aromatic carbocycles. The first kappa shape index (κ1) is 14.3. The zero-order valence-electron chi connectivity index (χ0n) is 10.8. The molecular weight excluding hydrogens is 318 g/mol. The van der Waals surface area contributed by atoms with E-state index in [9.17, 15) is 4.79 Å². The highest BCUT2D eigenvalue weighted by atomic mass is 79.9. The minimum absolute atomic E-state index is 0.184. The van der Waals surface area contributed by atoms with E-state index < -0.39 is 0 Å². The normalized spacial score (nSPS) is 9.85. The van der Waals surface area contributed by atoms with Crippen LogP contribution < -0.4 is 10.6 Å². The molecule has 0 aliphatic rings. The topological polar surface area (TPSA) is 54.0 Å². The Kier molecular flexibility index (Phi) is 4.90. The molecule has 1 amide bonds. The summed E-state index contributed by atoms with van der Waals surface area (Å²) in [5.74, 6) is 0.332. The summed E-state index contributed by atoms with van der Waals surface area (Å²) in [6.45, 7) is 4.30. The Labute approximate surface area is 126 Å². The van der Waals surface area contributed by atoms with Gasteiger partial charge in [-0.15, -0.1) is 6.58 Å². The number of carbonyl (C=O) groups excluding carboxylic acids is 1. The Morgan fingerprint density at radius 2 is 2.00 bits per heavy atom. The SMILES string of the molecule is C=CCNc1ccc(NC(=O)c2ccc(Br)cc2)nc1. The molecule has 2 aromatic rings. The van der Waals surface area contributed by atoms with E-state index in [2.05, 4.69) is 38.1 Å². The summed E-state index contributed by atoms with van der Waals surface area (Å²) < 4.78 is 0.935. The molecule has 1 heterocycles. The molecule has 2 N–H and O–H groups in total. The third-order valence-electron chi connectivity index (χ3n) is 2.56. The molecule has 0 bridgehead atoms. The van der Waals surface area contributed by atoms with Gasteiger partial charge in [0.15, 0.2) is 0 Å². The summed E-state index contributed by atoms with van der Waals surface area (Å²) in [5.41, 5.74) is 1.47. The molecule has 0 aliphatic carbocycles. The number of rotatable bonds is 5. The van der Waals surface area contributed by atoms with Crippen LogP contribution in [0.25, 0.3) is 0 Å². The lowest BCUT2D eigenvalue weighted by atomic mass is 10.2. The van der Waals surface area contributed by atoms with E-state index in [1.54, 1.807) is 30.5 Å². The van der Waals surface area contributed by atoms with Crippen molar-refractivity contribution in [2.75, 3.05) is 17.2 Å².